The smallest absolute Gasteiger partial charge is 0.229 e. The third-order valence-electron chi connectivity index (χ3n) is 7.53. The van der Waals surface area contributed by atoms with E-state index in [-0.39, 0.29) is 29.3 Å². The maximum absolute atomic E-state index is 13.4. The zero-order valence-corrected chi connectivity index (χ0v) is 20.2. The molecule has 1 saturated carbocycles. The maximum Gasteiger partial charge on any atom is 0.229 e. The maximum atomic E-state index is 13.4. The van der Waals surface area contributed by atoms with Crippen LogP contribution in [-0.2, 0) is 11.3 Å². The van der Waals surface area contributed by atoms with Gasteiger partial charge in [0, 0.05) is 17.3 Å². The number of aryl methyl sites for hydroxylation is 1. The van der Waals surface area contributed by atoms with Crippen molar-refractivity contribution in [3.05, 3.63) is 89.4 Å². The van der Waals surface area contributed by atoms with Gasteiger partial charge in [0.05, 0.1) is 23.4 Å². The van der Waals surface area contributed by atoms with Crippen LogP contribution in [0.4, 0.5) is 4.39 Å². The van der Waals surface area contributed by atoms with Crippen LogP contribution in [0.5, 0.6) is 5.75 Å². The monoisotopic (exact) mass is 469 g/mol. The van der Waals surface area contributed by atoms with Crippen LogP contribution in [0.3, 0.4) is 0 Å². The molecule has 2 heterocycles. The Morgan fingerprint density at radius 2 is 1.86 bits per heavy atom. The van der Waals surface area contributed by atoms with Crippen LogP contribution in [0.25, 0.3) is 16.6 Å². The van der Waals surface area contributed by atoms with Gasteiger partial charge in [-0.3, -0.25) is 4.79 Å². The summed E-state index contributed by atoms with van der Waals surface area (Å²) in [5.41, 5.74) is 4.94. The fourth-order valence-electron chi connectivity index (χ4n) is 5.06. The summed E-state index contributed by atoms with van der Waals surface area (Å²) < 4.78 is 21.8. The molecular formula is C29H28FN3O2. The summed E-state index contributed by atoms with van der Waals surface area (Å²) in [6.45, 7) is 6.86. The van der Waals surface area contributed by atoms with Crippen molar-refractivity contribution in [2.24, 2.45) is 5.41 Å². The van der Waals surface area contributed by atoms with E-state index in [1.807, 2.05) is 23.1 Å². The molecule has 0 bridgehead atoms. The number of carbonyl (C=O) groups excluding carboxylic acids is 1. The second-order valence-corrected chi connectivity index (χ2v) is 10.2. The average Bonchev–Trinajstić information content (AvgIpc) is 3.47. The van der Waals surface area contributed by atoms with Crippen LogP contribution in [0, 0.1) is 18.2 Å². The Morgan fingerprint density at radius 1 is 1.09 bits per heavy atom. The number of halogens is 1. The molecular weight excluding hydrogens is 441 g/mol. The second kappa shape index (κ2) is 7.94. The number of hydrogen-bond donors (Lipinski definition) is 0. The van der Waals surface area contributed by atoms with E-state index in [0.717, 1.165) is 46.3 Å². The van der Waals surface area contributed by atoms with E-state index >= 15 is 0 Å². The van der Waals surface area contributed by atoms with Crippen molar-refractivity contribution >= 4 is 16.8 Å². The van der Waals surface area contributed by atoms with Gasteiger partial charge in [-0.2, -0.15) is 5.10 Å². The number of rotatable bonds is 4. The molecule has 35 heavy (non-hydrogen) atoms. The van der Waals surface area contributed by atoms with Crippen LogP contribution < -0.4 is 4.74 Å². The van der Waals surface area contributed by atoms with Crippen molar-refractivity contribution < 1.29 is 13.9 Å². The number of nitrogens with zero attached hydrogens (tertiary/aromatic N) is 3. The van der Waals surface area contributed by atoms with Gasteiger partial charge in [-0.1, -0.05) is 30.7 Å². The lowest BCUT2D eigenvalue weighted by Gasteiger charge is -2.42. The fraction of sp³-hybridized carbons (Fsp3) is 0.310. The van der Waals surface area contributed by atoms with E-state index in [1.165, 1.54) is 17.7 Å². The van der Waals surface area contributed by atoms with Crippen LogP contribution in [-0.4, -0.2) is 26.6 Å². The molecule has 178 valence electrons. The van der Waals surface area contributed by atoms with Gasteiger partial charge in [0.1, 0.15) is 17.7 Å². The molecule has 0 radical (unpaired) electrons. The summed E-state index contributed by atoms with van der Waals surface area (Å²) in [6.07, 6.45) is 3.43. The molecule has 1 aromatic heterocycles. The van der Waals surface area contributed by atoms with Gasteiger partial charge in [0.2, 0.25) is 5.91 Å². The van der Waals surface area contributed by atoms with Gasteiger partial charge < -0.3 is 9.64 Å². The van der Waals surface area contributed by atoms with E-state index < -0.39 is 0 Å². The van der Waals surface area contributed by atoms with E-state index in [4.69, 9.17) is 4.74 Å². The molecule has 0 N–H and O–H groups in total. The highest BCUT2D eigenvalue weighted by Crippen LogP contribution is 2.48. The third kappa shape index (κ3) is 3.77. The molecule has 5 nitrogen and oxygen atoms in total. The van der Waals surface area contributed by atoms with Crippen molar-refractivity contribution in [3.63, 3.8) is 0 Å². The molecule has 0 spiro atoms. The minimum Gasteiger partial charge on any atom is -0.484 e. The molecule has 1 fully saturated rings. The Bertz CT molecular complexity index is 1440. The highest BCUT2D eigenvalue weighted by atomic mass is 19.1. The molecule has 0 unspecified atom stereocenters. The van der Waals surface area contributed by atoms with Gasteiger partial charge in [0.15, 0.2) is 0 Å². The Balaban J connectivity index is 1.34. The minimum absolute atomic E-state index is 0.0909. The standard InChI is InChI=1S/C29H28FN3O2/c1-18-4-5-20-17-32(28(34)29(3)12-13-29)19(2)27(25(20)14-18)35-24-10-11-26-21(15-24)16-31-33(26)23-8-6-22(30)7-9-23/h4-11,14-16,19,27H,12-13,17H2,1-3H3/t19-,27-/m0/s1. The largest absolute Gasteiger partial charge is 0.484 e. The predicted octanol–water partition coefficient (Wildman–Crippen LogP) is 6.12. The van der Waals surface area contributed by atoms with Crippen LogP contribution in [0.1, 0.15) is 49.5 Å². The summed E-state index contributed by atoms with van der Waals surface area (Å²) in [5.74, 6) is 0.675. The van der Waals surface area contributed by atoms with Gasteiger partial charge in [-0.05, 0) is 80.3 Å². The minimum atomic E-state index is -0.277. The van der Waals surface area contributed by atoms with Crippen molar-refractivity contribution in [2.45, 2.75) is 52.3 Å². The van der Waals surface area contributed by atoms with E-state index in [1.54, 1.807) is 23.0 Å². The van der Waals surface area contributed by atoms with Gasteiger partial charge >= 0.3 is 0 Å². The van der Waals surface area contributed by atoms with Crippen molar-refractivity contribution in [1.82, 2.24) is 14.7 Å². The summed E-state index contributed by atoms with van der Waals surface area (Å²) in [7, 11) is 0. The first-order chi connectivity index (χ1) is 16.8. The van der Waals surface area contributed by atoms with Gasteiger partial charge in [0.25, 0.3) is 0 Å². The lowest BCUT2D eigenvalue weighted by molar-refractivity contribution is -0.142. The molecule has 6 heteroatoms. The zero-order chi connectivity index (χ0) is 24.3. The number of aromatic nitrogens is 2. The average molecular weight is 470 g/mol. The van der Waals surface area contributed by atoms with Gasteiger partial charge in [-0.25, -0.2) is 9.07 Å². The molecule has 1 aliphatic carbocycles. The molecule has 2 aliphatic rings. The molecule has 1 aliphatic heterocycles. The Kier molecular flexibility index (Phi) is 4.95. The lowest BCUT2D eigenvalue weighted by atomic mass is 9.89. The summed E-state index contributed by atoms with van der Waals surface area (Å²) in [5, 5.41) is 5.43. The molecule has 2 atom stereocenters. The topological polar surface area (TPSA) is 47.4 Å². The summed E-state index contributed by atoms with van der Waals surface area (Å²) in [4.78, 5) is 15.3. The van der Waals surface area contributed by atoms with Crippen LogP contribution in [0.2, 0.25) is 0 Å². The normalized spacial score (nSPS) is 20.5. The Labute approximate surface area is 204 Å². The Hall–Kier alpha value is -3.67. The third-order valence-corrected chi connectivity index (χ3v) is 7.53. The Morgan fingerprint density at radius 3 is 2.60 bits per heavy atom. The summed E-state index contributed by atoms with van der Waals surface area (Å²) in [6, 6.07) is 18.5. The number of carbonyl (C=O) groups is 1. The number of hydrogen-bond acceptors (Lipinski definition) is 3. The van der Waals surface area contributed by atoms with Crippen LogP contribution >= 0.6 is 0 Å². The molecule has 0 saturated heterocycles. The SMILES string of the molecule is Cc1ccc2c(c1)[C@@H](Oc1ccc3c(cnn3-c3ccc(F)cc3)c1)[C@H](C)N(C(=O)C1(C)CC1)C2. The highest BCUT2D eigenvalue weighted by Gasteiger charge is 2.50. The van der Waals surface area contributed by atoms with E-state index in [2.05, 4.69) is 44.1 Å². The van der Waals surface area contributed by atoms with Crippen molar-refractivity contribution in [2.75, 3.05) is 0 Å². The quantitative estimate of drug-likeness (QED) is 0.362. The predicted molar refractivity (Wildman–Crippen MR) is 133 cm³/mol. The molecule has 3 aromatic carbocycles. The first-order valence-electron chi connectivity index (χ1n) is 12.1. The van der Waals surface area contributed by atoms with Crippen molar-refractivity contribution in [3.8, 4) is 11.4 Å². The highest BCUT2D eigenvalue weighted by molar-refractivity contribution is 5.85. The fourth-order valence-corrected chi connectivity index (χ4v) is 5.06. The number of amides is 1. The number of ether oxygens (including phenoxy) is 1. The molecule has 1 amide bonds. The van der Waals surface area contributed by atoms with Crippen LogP contribution in [0.15, 0.2) is 66.9 Å². The second-order valence-electron chi connectivity index (χ2n) is 10.2. The first-order valence-corrected chi connectivity index (χ1v) is 12.1. The zero-order valence-electron chi connectivity index (χ0n) is 20.2. The van der Waals surface area contributed by atoms with Gasteiger partial charge in [-0.15, -0.1) is 0 Å². The molecule has 4 aromatic rings. The first kappa shape index (κ1) is 21.8. The lowest BCUT2D eigenvalue weighted by Crippen LogP contribution is -2.49. The number of benzene rings is 3. The van der Waals surface area contributed by atoms with E-state index in [9.17, 15) is 9.18 Å². The van der Waals surface area contributed by atoms with E-state index in [0.29, 0.717) is 6.54 Å². The summed E-state index contributed by atoms with van der Waals surface area (Å²) >= 11 is 0. The number of fused-ring (bicyclic) bond motifs is 2. The van der Waals surface area contributed by atoms with Crippen molar-refractivity contribution in [1.29, 1.82) is 0 Å². The molecule has 6 rings (SSSR count).